The van der Waals surface area contributed by atoms with Gasteiger partial charge in [0.25, 0.3) is 0 Å². The number of amides is 1. The Morgan fingerprint density at radius 1 is 1.13 bits per heavy atom. The fourth-order valence-electron chi connectivity index (χ4n) is 4.78. The Balaban J connectivity index is 1.74. The van der Waals surface area contributed by atoms with Crippen molar-refractivity contribution in [2.75, 3.05) is 0 Å². The summed E-state index contributed by atoms with van der Waals surface area (Å²) in [4.78, 5) is 13.0. The van der Waals surface area contributed by atoms with Crippen LogP contribution in [0.15, 0.2) is 30.3 Å². The summed E-state index contributed by atoms with van der Waals surface area (Å²) in [7, 11) is 0. The lowest BCUT2D eigenvalue weighted by atomic mass is 9.66. The van der Waals surface area contributed by atoms with Crippen molar-refractivity contribution >= 4 is 5.91 Å². The van der Waals surface area contributed by atoms with Crippen LogP contribution in [0.25, 0.3) is 0 Å². The van der Waals surface area contributed by atoms with Crippen LogP contribution < -0.4 is 11.1 Å². The molecule has 3 N–H and O–H groups in total. The molecule has 1 amide bonds. The van der Waals surface area contributed by atoms with E-state index in [1.54, 1.807) is 0 Å². The normalized spacial score (nSPS) is 31.7. The summed E-state index contributed by atoms with van der Waals surface area (Å²) in [5.74, 6) is 1.58. The lowest BCUT2D eigenvalue weighted by molar-refractivity contribution is -0.125. The standard InChI is InChI=1S/C20H30N2O/c1-13(2)18(14-7-4-3-5-8-14)20(23)22-19-15-9-6-10-16(19)12-17(21)11-15/h3-5,7-8,13,15-19H,6,9-12,21H2,1-2H3,(H,22,23). The summed E-state index contributed by atoms with van der Waals surface area (Å²) in [6.07, 6.45) is 5.86. The van der Waals surface area contributed by atoms with E-state index in [0.29, 0.717) is 29.8 Å². The van der Waals surface area contributed by atoms with Gasteiger partial charge in [-0.3, -0.25) is 4.79 Å². The van der Waals surface area contributed by atoms with Crippen LogP contribution >= 0.6 is 0 Å². The zero-order chi connectivity index (χ0) is 16.4. The number of fused-ring (bicyclic) bond motifs is 2. The highest BCUT2D eigenvalue weighted by Crippen LogP contribution is 2.40. The topological polar surface area (TPSA) is 55.1 Å². The van der Waals surface area contributed by atoms with Gasteiger partial charge in [0.1, 0.15) is 0 Å². The van der Waals surface area contributed by atoms with Gasteiger partial charge in [-0.25, -0.2) is 0 Å². The number of carbonyl (C=O) groups is 1. The van der Waals surface area contributed by atoms with Gasteiger partial charge in [-0.2, -0.15) is 0 Å². The number of rotatable bonds is 4. The molecule has 2 aliphatic carbocycles. The van der Waals surface area contributed by atoms with Crippen molar-refractivity contribution in [1.82, 2.24) is 5.32 Å². The summed E-state index contributed by atoms with van der Waals surface area (Å²) in [5.41, 5.74) is 7.33. The van der Waals surface area contributed by atoms with Gasteiger partial charge < -0.3 is 11.1 Å². The lowest BCUT2D eigenvalue weighted by Crippen LogP contribution is -2.54. The smallest absolute Gasteiger partial charge is 0.228 e. The van der Waals surface area contributed by atoms with Crippen LogP contribution in [0.2, 0.25) is 0 Å². The lowest BCUT2D eigenvalue weighted by Gasteiger charge is -2.45. The van der Waals surface area contributed by atoms with Crippen molar-refractivity contribution in [3.05, 3.63) is 35.9 Å². The van der Waals surface area contributed by atoms with E-state index < -0.39 is 0 Å². The van der Waals surface area contributed by atoms with E-state index in [4.69, 9.17) is 5.73 Å². The Hall–Kier alpha value is -1.35. The molecule has 0 aromatic heterocycles. The minimum atomic E-state index is -0.0625. The van der Waals surface area contributed by atoms with E-state index in [2.05, 4.69) is 31.3 Å². The molecule has 0 saturated heterocycles. The van der Waals surface area contributed by atoms with Crippen molar-refractivity contribution in [3.8, 4) is 0 Å². The number of nitrogens with two attached hydrogens (primary N) is 1. The van der Waals surface area contributed by atoms with Crippen LogP contribution in [-0.4, -0.2) is 18.0 Å². The number of nitrogens with one attached hydrogen (secondary N) is 1. The van der Waals surface area contributed by atoms with Gasteiger partial charge in [-0.05, 0) is 49.0 Å². The Labute approximate surface area is 140 Å². The highest BCUT2D eigenvalue weighted by molar-refractivity contribution is 5.84. The highest BCUT2D eigenvalue weighted by Gasteiger charge is 2.40. The molecule has 1 aromatic carbocycles. The molecule has 3 unspecified atom stereocenters. The maximum absolute atomic E-state index is 13.0. The summed E-state index contributed by atoms with van der Waals surface area (Å²) < 4.78 is 0. The van der Waals surface area contributed by atoms with E-state index in [0.717, 1.165) is 18.4 Å². The molecule has 2 fully saturated rings. The van der Waals surface area contributed by atoms with Crippen LogP contribution in [-0.2, 0) is 4.79 Å². The second kappa shape index (κ2) is 7.04. The first-order valence-corrected chi connectivity index (χ1v) is 9.17. The third-order valence-electron chi connectivity index (χ3n) is 5.79. The minimum Gasteiger partial charge on any atom is -0.352 e. The average molecular weight is 314 g/mol. The second-order valence-electron chi connectivity index (χ2n) is 7.85. The van der Waals surface area contributed by atoms with E-state index in [9.17, 15) is 4.79 Å². The molecule has 2 bridgehead atoms. The van der Waals surface area contributed by atoms with Gasteiger partial charge in [0.2, 0.25) is 5.91 Å². The number of benzene rings is 1. The third-order valence-corrected chi connectivity index (χ3v) is 5.79. The summed E-state index contributed by atoms with van der Waals surface area (Å²) in [6.45, 7) is 4.27. The maximum Gasteiger partial charge on any atom is 0.228 e. The minimum absolute atomic E-state index is 0.0625. The Kier molecular flexibility index (Phi) is 5.05. The molecule has 0 radical (unpaired) electrons. The Morgan fingerprint density at radius 2 is 1.74 bits per heavy atom. The van der Waals surface area contributed by atoms with Gasteiger partial charge in [0.15, 0.2) is 0 Å². The van der Waals surface area contributed by atoms with Crippen molar-refractivity contribution in [2.24, 2.45) is 23.5 Å². The van der Waals surface area contributed by atoms with E-state index in [1.807, 2.05) is 18.2 Å². The molecule has 0 spiro atoms. The molecular formula is C20H30N2O. The summed E-state index contributed by atoms with van der Waals surface area (Å²) >= 11 is 0. The molecule has 2 aliphatic rings. The molecule has 0 heterocycles. The molecule has 3 heteroatoms. The Bertz CT molecular complexity index is 514. The van der Waals surface area contributed by atoms with E-state index in [1.165, 1.54) is 19.3 Å². The first kappa shape index (κ1) is 16.5. The number of hydrogen-bond donors (Lipinski definition) is 2. The number of carbonyl (C=O) groups excluding carboxylic acids is 1. The van der Waals surface area contributed by atoms with E-state index in [-0.39, 0.29) is 11.8 Å². The summed E-state index contributed by atoms with van der Waals surface area (Å²) in [5, 5.41) is 3.43. The molecule has 3 nitrogen and oxygen atoms in total. The fourth-order valence-corrected chi connectivity index (χ4v) is 4.78. The first-order chi connectivity index (χ1) is 11.1. The fraction of sp³-hybridized carbons (Fsp3) is 0.650. The average Bonchev–Trinajstić information content (AvgIpc) is 2.49. The van der Waals surface area contributed by atoms with Crippen LogP contribution in [0.3, 0.4) is 0 Å². The highest BCUT2D eigenvalue weighted by atomic mass is 16.2. The quantitative estimate of drug-likeness (QED) is 0.894. The molecular weight excluding hydrogens is 284 g/mol. The monoisotopic (exact) mass is 314 g/mol. The zero-order valence-corrected chi connectivity index (χ0v) is 14.4. The Morgan fingerprint density at radius 3 is 2.30 bits per heavy atom. The zero-order valence-electron chi connectivity index (χ0n) is 14.4. The maximum atomic E-state index is 13.0. The van der Waals surface area contributed by atoms with Gasteiger partial charge in [-0.1, -0.05) is 50.6 Å². The van der Waals surface area contributed by atoms with Crippen molar-refractivity contribution in [3.63, 3.8) is 0 Å². The largest absolute Gasteiger partial charge is 0.352 e. The molecule has 1 aromatic rings. The SMILES string of the molecule is CC(C)C(C(=O)NC1C2CCCC1CC(N)C2)c1ccccc1. The molecule has 3 atom stereocenters. The van der Waals surface area contributed by atoms with Crippen LogP contribution in [0.1, 0.15) is 57.4 Å². The van der Waals surface area contributed by atoms with Crippen LogP contribution in [0.4, 0.5) is 0 Å². The predicted octanol–water partition coefficient (Wildman–Crippen LogP) is 3.45. The van der Waals surface area contributed by atoms with Gasteiger partial charge >= 0.3 is 0 Å². The van der Waals surface area contributed by atoms with Crippen molar-refractivity contribution < 1.29 is 4.79 Å². The third kappa shape index (κ3) is 3.60. The first-order valence-electron chi connectivity index (χ1n) is 9.17. The summed E-state index contributed by atoms with van der Waals surface area (Å²) in [6, 6.07) is 10.9. The van der Waals surface area contributed by atoms with Crippen LogP contribution in [0, 0.1) is 17.8 Å². The van der Waals surface area contributed by atoms with Crippen molar-refractivity contribution in [1.29, 1.82) is 0 Å². The van der Waals surface area contributed by atoms with Gasteiger partial charge in [-0.15, -0.1) is 0 Å². The number of hydrogen-bond acceptors (Lipinski definition) is 2. The molecule has 0 aliphatic heterocycles. The predicted molar refractivity (Wildman–Crippen MR) is 94.0 cm³/mol. The molecule has 126 valence electrons. The molecule has 3 rings (SSSR count). The molecule has 23 heavy (non-hydrogen) atoms. The van der Waals surface area contributed by atoms with E-state index >= 15 is 0 Å². The second-order valence-corrected chi connectivity index (χ2v) is 7.85. The van der Waals surface area contributed by atoms with Gasteiger partial charge in [0.05, 0.1) is 5.92 Å². The molecule has 2 saturated carbocycles. The van der Waals surface area contributed by atoms with Crippen molar-refractivity contribution in [2.45, 2.75) is 64.0 Å². The van der Waals surface area contributed by atoms with Gasteiger partial charge in [0, 0.05) is 12.1 Å². The van der Waals surface area contributed by atoms with Crippen LogP contribution in [0.5, 0.6) is 0 Å².